The van der Waals surface area contributed by atoms with Crippen molar-refractivity contribution in [3.05, 3.63) is 156 Å². The molecule has 0 amide bonds. The Labute approximate surface area is 200 Å². The first-order valence-corrected chi connectivity index (χ1v) is 11.4. The van der Waals surface area contributed by atoms with Crippen LogP contribution in [-0.2, 0) is 5.60 Å². The van der Waals surface area contributed by atoms with Gasteiger partial charge in [-0.1, -0.05) is 109 Å². The van der Waals surface area contributed by atoms with E-state index in [-0.39, 0.29) is 0 Å². The Morgan fingerprint density at radius 3 is 2.09 bits per heavy atom. The maximum atomic E-state index is 6.78. The van der Waals surface area contributed by atoms with E-state index in [1.807, 2.05) is 48.5 Å². The summed E-state index contributed by atoms with van der Waals surface area (Å²) < 4.78 is 6.78. The third-order valence-corrected chi connectivity index (χ3v) is 6.23. The van der Waals surface area contributed by atoms with Gasteiger partial charge in [0.25, 0.3) is 0 Å². The molecule has 0 saturated carbocycles. The van der Waals surface area contributed by atoms with E-state index in [0.717, 1.165) is 39.0 Å². The molecule has 0 radical (unpaired) electrons. The number of ether oxygens (including phenoxy) is 1. The molecule has 34 heavy (non-hydrogen) atoms. The van der Waals surface area contributed by atoms with Crippen LogP contribution in [0.4, 0.5) is 0 Å². The van der Waals surface area contributed by atoms with Gasteiger partial charge in [0.15, 0.2) is 0 Å². The third-order valence-electron chi connectivity index (χ3n) is 6.23. The fourth-order valence-corrected chi connectivity index (χ4v) is 4.50. The summed E-state index contributed by atoms with van der Waals surface area (Å²) in [6.45, 7) is 0. The SMILES string of the molecule is C(#CC1(c2ccc3ccccc3c2)C=C(c2ccccc2)c2ccccc2O1)c1ccccc1. The van der Waals surface area contributed by atoms with Crippen molar-refractivity contribution in [1.29, 1.82) is 0 Å². The largest absolute Gasteiger partial charge is 0.466 e. The Morgan fingerprint density at radius 2 is 1.26 bits per heavy atom. The highest BCUT2D eigenvalue weighted by Crippen LogP contribution is 2.43. The molecule has 1 aliphatic heterocycles. The highest BCUT2D eigenvalue weighted by molar-refractivity contribution is 5.87. The van der Waals surface area contributed by atoms with Gasteiger partial charge in [0.2, 0.25) is 5.60 Å². The summed E-state index contributed by atoms with van der Waals surface area (Å²) in [7, 11) is 0. The van der Waals surface area contributed by atoms with E-state index >= 15 is 0 Å². The van der Waals surface area contributed by atoms with Crippen molar-refractivity contribution in [2.24, 2.45) is 0 Å². The van der Waals surface area contributed by atoms with Crippen LogP contribution >= 0.6 is 0 Å². The number of para-hydroxylation sites is 1. The number of hydrogen-bond donors (Lipinski definition) is 0. The van der Waals surface area contributed by atoms with E-state index in [0.29, 0.717) is 0 Å². The molecule has 160 valence electrons. The summed E-state index contributed by atoms with van der Waals surface area (Å²) in [5.74, 6) is 7.74. The minimum absolute atomic E-state index is 0.833. The van der Waals surface area contributed by atoms with Gasteiger partial charge < -0.3 is 4.74 Å². The molecule has 1 heterocycles. The van der Waals surface area contributed by atoms with Gasteiger partial charge in [-0.2, -0.15) is 0 Å². The zero-order chi connectivity index (χ0) is 22.8. The first kappa shape index (κ1) is 20.1. The lowest BCUT2D eigenvalue weighted by atomic mass is 9.83. The maximum Gasteiger partial charge on any atom is 0.215 e. The van der Waals surface area contributed by atoms with E-state index < -0.39 is 5.60 Å². The van der Waals surface area contributed by atoms with Crippen molar-refractivity contribution in [2.75, 3.05) is 0 Å². The Bertz CT molecular complexity index is 1570. The van der Waals surface area contributed by atoms with E-state index in [4.69, 9.17) is 4.74 Å². The predicted molar refractivity (Wildman–Crippen MR) is 140 cm³/mol. The zero-order valence-corrected chi connectivity index (χ0v) is 18.6. The van der Waals surface area contributed by atoms with Crippen LogP contribution < -0.4 is 4.74 Å². The molecule has 0 spiro atoms. The van der Waals surface area contributed by atoms with Gasteiger partial charge in [0, 0.05) is 16.7 Å². The van der Waals surface area contributed by atoms with Crippen LogP contribution in [0.2, 0.25) is 0 Å². The molecular weight excluding hydrogens is 412 g/mol. The number of benzene rings is 5. The summed E-state index contributed by atoms with van der Waals surface area (Å²) >= 11 is 0. The fraction of sp³-hybridized carbons (Fsp3) is 0.0303. The van der Waals surface area contributed by atoms with Crippen molar-refractivity contribution in [1.82, 2.24) is 0 Å². The molecule has 5 aromatic carbocycles. The molecule has 5 aromatic rings. The van der Waals surface area contributed by atoms with E-state index in [1.165, 1.54) is 5.39 Å². The van der Waals surface area contributed by atoms with Gasteiger partial charge in [-0.25, -0.2) is 0 Å². The zero-order valence-electron chi connectivity index (χ0n) is 18.6. The number of fused-ring (bicyclic) bond motifs is 2. The molecule has 1 atom stereocenters. The molecule has 0 aromatic heterocycles. The molecule has 1 heteroatoms. The highest BCUT2D eigenvalue weighted by atomic mass is 16.5. The molecule has 1 aliphatic rings. The van der Waals surface area contributed by atoms with Gasteiger partial charge in [-0.05, 0) is 58.2 Å². The van der Waals surface area contributed by atoms with Gasteiger partial charge in [0.1, 0.15) is 5.75 Å². The van der Waals surface area contributed by atoms with Crippen LogP contribution in [0.3, 0.4) is 0 Å². The summed E-state index contributed by atoms with van der Waals surface area (Å²) in [4.78, 5) is 0. The van der Waals surface area contributed by atoms with Crippen molar-refractivity contribution in [2.45, 2.75) is 5.60 Å². The normalized spacial score (nSPS) is 16.5. The van der Waals surface area contributed by atoms with Crippen LogP contribution in [0, 0.1) is 11.8 Å². The van der Waals surface area contributed by atoms with E-state index in [2.05, 4.69) is 96.8 Å². The number of rotatable bonds is 2. The van der Waals surface area contributed by atoms with Crippen LogP contribution in [-0.4, -0.2) is 0 Å². The summed E-state index contributed by atoms with van der Waals surface area (Å²) in [6.07, 6.45) is 2.19. The fourth-order valence-electron chi connectivity index (χ4n) is 4.50. The molecule has 0 fully saturated rings. The van der Waals surface area contributed by atoms with Gasteiger partial charge >= 0.3 is 0 Å². The van der Waals surface area contributed by atoms with Gasteiger partial charge in [-0.15, -0.1) is 0 Å². The molecule has 6 rings (SSSR count). The molecule has 1 unspecified atom stereocenters. The van der Waals surface area contributed by atoms with Crippen molar-refractivity contribution in [3.8, 4) is 17.6 Å². The van der Waals surface area contributed by atoms with E-state index in [9.17, 15) is 0 Å². The standard InChI is InChI=1S/C33H22O/c1-3-11-25(12-4-1)21-22-33(29-20-19-26-13-7-8-16-28(26)23-29)24-31(27-14-5-2-6-15-27)30-17-9-10-18-32(30)34-33/h1-20,23-24H. The molecular formula is C33H22O. The number of hydrogen-bond acceptors (Lipinski definition) is 1. The first-order chi connectivity index (χ1) is 16.8. The lowest BCUT2D eigenvalue weighted by Gasteiger charge is -2.34. The lowest BCUT2D eigenvalue weighted by molar-refractivity contribution is 0.179. The highest BCUT2D eigenvalue weighted by Gasteiger charge is 2.36. The monoisotopic (exact) mass is 434 g/mol. The topological polar surface area (TPSA) is 9.23 Å². The molecule has 0 aliphatic carbocycles. The Morgan fingerprint density at radius 1 is 0.588 bits per heavy atom. The van der Waals surface area contributed by atoms with Crippen LogP contribution in [0.25, 0.3) is 16.3 Å². The van der Waals surface area contributed by atoms with Crippen LogP contribution in [0.1, 0.15) is 22.3 Å². The second-order valence-corrected chi connectivity index (χ2v) is 8.44. The second kappa shape index (κ2) is 8.43. The lowest BCUT2D eigenvalue weighted by Crippen LogP contribution is -2.32. The Hall–Kier alpha value is -4.54. The quantitative estimate of drug-likeness (QED) is 0.260. The summed E-state index contributed by atoms with van der Waals surface area (Å²) in [5.41, 5.74) is 4.38. The molecule has 1 nitrogen and oxygen atoms in total. The Balaban J connectivity index is 1.62. The molecule has 0 saturated heterocycles. The van der Waals surface area contributed by atoms with Crippen molar-refractivity contribution < 1.29 is 4.74 Å². The average Bonchev–Trinajstić information content (AvgIpc) is 2.92. The molecule has 0 bridgehead atoms. The Kier molecular flexibility index (Phi) is 4.98. The van der Waals surface area contributed by atoms with Crippen molar-refractivity contribution in [3.63, 3.8) is 0 Å². The second-order valence-electron chi connectivity index (χ2n) is 8.44. The van der Waals surface area contributed by atoms with Crippen LogP contribution in [0.15, 0.2) is 133 Å². The predicted octanol–water partition coefficient (Wildman–Crippen LogP) is 7.61. The molecule has 0 N–H and O–H groups in total. The first-order valence-electron chi connectivity index (χ1n) is 11.4. The summed E-state index contributed by atoms with van der Waals surface area (Å²) in [5, 5.41) is 2.36. The average molecular weight is 435 g/mol. The van der Waals surface area contributed by atoms with Gasteiger partial charge in [0.05, 0.1) is 0 Å². The smallest absolute Gasteiger partial charge is 0.215 e. The maximum absolute atomic E-state index is 6.78. The minimum Gasteiger partial charge on any atom is -0.466 e. The van der Waals surface area contributed by atoms with E-state index in [1.54, 1.807) is 0 Å². The van der Waals surface area contributed by atoms with Crippen molar-refractivity contribution >= 4 is 16.3 Å². The third kappa shape index (κ3) is 3.66. The van der Waals surface area contributed by atoms with Gasteiger partial charge in [-0.3, -0.25) is 0 Å². The summed E-state index contributed by atoms with van der Waals surface area (Å²) in [6, 6.07) is 43.6. The minimum atomic E-state index is -0.931. The van der Waals surface area contributed by atoms with Crippen LogP contribution in [0.5, 0.6) is 5.75 Å².